The first-order valence-corrected chi connectivity index (χ1v) is 4.43. The molecule has 0 aliphatic heterocycles. The Morgan fingerprint density at radius 3 is 2.64 bits per heavy atom. The van der Waals surface area contributed by atoms with Crippen molar-refractivity contribution in [3.63, 3.8) is 0 Å². The van der Waals surface area contributed by atoms with Crippen LogP contribution in [-0.4, -0.2) is 16.1 Å². The molecule has 0 spiro atoms. The molecule has 1 aromatic heterocycles. The Bertz CT molecular complexity index is 384. The highest BCUT2D eigenvalue weighted by Crippen LogP contribution is 2.26. The number of carboxylic acid groups (broad SMARTS) is 1. The van der Waals surface area contributed by atoms with Gasteiger partial charge in [0.15, 0.2) is 11.0 Å². The van der Waals surface area contributed by atoms with Gasteiger partial charge < -0.3 is 5.11 Å². The zero-order valence-electron chi connectivity index (χ0n) is 7.09. The average Bonchev–Trinajstić information content (AvgIpc) is 2.10. The summed E-state index contributed by atoms with van der Waals surface area (Å²) >= 11 is 11.0. The highest BCUT2D eigenvalue weighted by atomic mass is 35.5. The van der Waals surface area contributed by atoms with Gasteiger partial charge in [0.05, 0.1) is 5.92 Å². The van der Waals surface area contributed by atoms with E-state index in [1.165, 1.54) is 6.92 Å². The molecule has 0 radical (unpaired) electrons. The first-order chi connectivity index (χ1) is 6.43. The molecule has 1 N–H and O–H groups in total. The van der Waals surface area contributed by atoms with Crippen molar-refractivity contribution in [2.24, 2.45) is 0 Å². The highest BCUT2D eigenvalue weighted by Gasteiger charge is 2.19. The van der Waals surface area contributed by atoms with Gasteiger partial charge in [-0.05, 0) is 13.0 Å². The summed E-state index contributed by atoms with van der Waals surface area (Å²) < 4.78 is 12.9. The molecular formula is C8H6Cl2FNO2. The lowest BCUT2D eigenvalue weighted by Gasteiger charge is -2.08. The van der Waals surface area contributed by atoms with Crippen molar-refractivity contribution in [2.45, 2.75) is 12.8 Å². The van der Waals surface area contributed by atoms with E-state index in [-0.39, 0.29) is 15.9 Å². The van der Waals surface area contributed by atoms with Crippen LogP contribution in [-0.2, 0) is 4.79 Å². The monoisotopic (exact) mass is 237 g/mol. The fourth-order valence-electron chi connectivity index (χ4n) is 0.896. The number of hydrogen-bond donors (Lipinski definition) is 1. The number of rotatable bonds is 2. The Morgan fingerprint density at radius 2 is 2.14 bits per heavy atom. The van der Waals surface area contributed by atoms with Crippen molar-refractivity contribution in [1.82, 2.24) is 4.98 Å². The molecule has 76 valence electrons. The van der Waals surface area contributed by atoms with Crippen LogP contribution in [0.4, 0.5) is 4.39 Å². The van der Waals surface area contributed by atoms with Crippen LogP contribution >= 0.6 is 23.2 Å². The molecule has 0 aliphatic carbocycles. The minimum Gasteiger partial charge on any atom is -0.481 e. The van der Waals surface area contributed by atoms with E-state index in [0.717, 1.165) is 6.07 Å². The first-order valence-electron chi connectivity index (χ1n) is 3.67. The summed E-state index contributed by atoms with van der Waals surface area (Å²) in [5, 5.41) is 8.22. The van der Waals surface area contributed by atoms with E-state index in [1.807, 2.05) is 0 Å². The van der Waals surface area contributed by atoms with Crippen LogP contribution in [0.2, 0.25) is 10.3 Å². The Hall–Kier alpha value is -0.870. The smallest absolute Gasteiger partial charge is 0.310 e. The minimum atomic E-state index is -1.10. The predicted molar refractivity (Wildman–Crippen MR) is 50.3 cm³/mol. The van der Waals surface area contributed by atoms with E-state index < -0.39 is 17.7 Å². The molecule has 3 nitrogen and oxygen atoms in total. The molecule has 1 aromatic rings. The van der Waals surface area contributed by atoms with E-state index in [2.05, 4.69) is 4.98 Å². The van der Waals surface area contributed by atoms with E-state index in [1.54, 1.807) is 0 Å². The van der Waals surface area contributed by atoms with Crippen LogP contribution in [0.25, 0.3) is 0 Å². The summed E-state index contributed by atoms with van der Waals surface area (Å²) in [5.74, 6) is -2.80. The van der Waals surface area contributed by atoms with Crippen molar-refractivity contribution < 1.29 is 14.3 Å². The number of carboxylic acids is 1. The third kappa shape index (κ3) is 2.13. The number of aliphatic carboxylic acids is 1. The lowest BCUT2D eigenvalue weighted by atomic mass is 10.0. The van der Waals surface area contributed by atoms with Crippen molar-refractivity contribution in [3.8, 4) is 0 Å². The molecule has 1 heterocycles. The molecule has 1 unspecified atom stereocenters. The topological polar surface area (TPSA) is 50.2 Å². The second-order valence-corrected chi connectivity index (χ2v) is 3.42. The summed E-state index contributed by atoms with van der Waals surface area (Å²) in [7, 11) is 0. The molecule has 0 saturated heterocycles. The molecule has 0 aliphatic rings. The molecule has 6 heteroatoms. The minimum absolute atomic E-state index is 0.0914. The zero-order chi connectivity index (χ0) is 10.9. The molecule has 0 saturated carbocycles. The van der Waals surface area contributed by atoms with Gasteiger partial charge >= 0.3 is 5.97 Å². The standard InChI is InChI=1S/C8H6Cl2FNO2/c1-3(8(13)14)4-2-5(11)7(10)12-6(4)9/h2-3H,1H3,(H,13,14). The Morgan fingerprint density at radius 1 is 1.57 bits per heavy atom. The maximum Gasteiger partial charge on any atom is 0.310 e. The number of hydrogen-bond acceptors (Lipinski definition) is 2. The molecule has 0 bridgehead atoms. The average molecular weight is 238 g/mol. The normalized spacial score (nSPS) is 12.6. The fraction of sp³-hybridized carbons (Fsp3) is 0.250. The van der Waals surface area contributed by atoms with Gasteiger partial charge in [-0.2, -0.15) is 0 Å². The van der Waals surface area contributed by atoms with Crippen LogP contribution in [0, 0.1) is 5.82 Å². The van der Waals surface area contributed by atoms with Crippen molar-refractivity contribution in [2.75, 3.05) is 0 Å². The highest BCUT2D eigenvalue weighted by molar-refractivity contribution is 6.33. The SMILES string of the molecule is CC(C(=O)O)c1cc(F)c(Cl)nc1Cl. The van der Waals surface area contributed by atoms with E-state index >= 15 is 0 Å². The molecule has 14 heavy (non-hydrogen) atoms. The number of nitrogens with zero attached hydrogens (tertiary/aromatic N) is 1. The van der Waals surface area contributed by atoms with Crippen LogP contribution in [0.5, 0.6) is 0 Å². The van der Waals surface area contributed by atoms with Gasteiger partial charge in [0.2, 0.25) is 0 Å². The van der Waals surface area contributed by atoms with Crippen molar-refractivity contribution >= 4 is 29.2 Å². The van der Waals surface area contributed by atoms with Crippen LogP contribution in [0.15, 0.2) is 6.07 Å². The summed E-state index contributed by atoms with van der Waals surface area (Å²) in [6, 6.07) is 0.983. The van der Waals surface area contributed by atoms with Gasteiger partial charge in [-0.1, -0.05) is 23.2 Å². The quantitative estimate of drug-likeness (QED) is 0.805. The summed E-state index contributed by atoms with van der Waals surface area (Å²) in [4.78, 5) is 14.1. The first kappa shape index (κ1) is 11.2. The van der Waals surface area contributed by atoms with Gasteiger partial charge in [-0.15, -0.1) is 0 Å². The van der Waals surface area contributed by atoms with Crippen molar-refractivity contribution in [3.05, 3.63) is 27.8 Å². The molecule has 0 fully saturated rings. The van der Waals surface area contributed by atoms with Gasteiger partial charge in [0.25, 0.3) is 0 Å². The Kier molecular flexibility index (Phi) is 3.29. The van der Waals surface area contributed by atoms with Gasteiger partial charge in [0, 0.05) is 5.56 Å². The van der Waals surface area contributed by atoms with Crippen molar-refractivity contribution in [1.29, 1.82) is 0 Å². The maximum atomic E-state index is 12.9. The lowest BCUT2D eigenvalue weighted by Crippen LogP contribution is -2.09. The van der Waals surface area contributed by atoms with E-state index in [4.69, 9.17) is 28.3 Å². The largest absolute Gasteiger partial charge is 0.481 e. The van der Waals surface area contributed by atoms with Crippen LogP contribution in [0.3, 0.4) is 0 Å². The number of carbonyl (C=O) groups is 1. The second-order valence-electron chi connectivity index (χ2n) is 2.70. The lowest BCUT2D eigenvalue weighted by molar-refractivity contribution is -0.138. The predicted octanol–water partition coefficient (Wildman–Crippen LogP) is 2.72. The molecule has 1 atom stereocenters. The van der Waals surface area contributed by atoms with E-state index in [0.29, 0.717) is 0 Å². The van der Waals surface area contributed by atoms with Crippen LogP contribution in [0.1, 0.15) is 18.4 Å². The molecule has 0 amide bonds. The molecule has 1 rings (SSSR count). The molecular weight excluding hydrogens is 232 g/mol. The summed E-state index contributed by atoms with van der Waals surface area (Å²) in [6.07, 6.45) is 0. The van der Waals surface area contributed by atoms with Crippen LogP contribution < -0.4 is 0 Å². The number of aromatic nitrogens is 1. The van der Waals surface area contributed by atoms with Gasteiger partial charge in [-0.25, -0.2) is 9.37 Å². The van der Waals surface area contributed by atoms with Gasteiger partial charge in [-0.3, -0.25) is 4.79 Å². The molecule has 0 aromatic carbocycles. The van der Waals surface area contributed by atoms with Gasteiger partial charge in [0.1, 0.15) is 5.15 Å². The third-order valence-corrected chi connectivity index (χ3v) is 2.32. The Balaban J connectivity index is 3.22. The number of halogens is 3. The van der Waals surface area contributed by atoms with E-state index in [9.17, 15) is 9.18 Å². The fourth-order valence-corrected chi connectivity index (χ4v) is 1.38. The maximum absolute atomic E-state index is 12.9. The third-order valence-electron chi connectivity index (χ3n) is 1.75. The summed E-state index contributed by atoms with van der Waals surface area (Å²) in [6.45, 7) is 1.39. The summed E-state index contributed by atoms with van der Waals surface area (Å²) in [5.41, 5.74) is 0.112. The second kappa shape index (κ2) is 4.11. The number of pyridine rings is 1. The Labute approximate surface area is 89.5 Å². The zero-order valence-corrected chi connectivity index (χ0v) is 8.60.